The molecule has 1 aromatic heterocycles. The number of halogens is 1. The third kappa shape index (κ3) is 3.31. The number of hydrogen-bond donors (Lipinski definition) is 1. The van der Waals surface area contributed by atoms with Crippen molar-refractivity contribution in [3.8, 4) is 5.75 Å². The molecule has 0 saturated carbocycles. The second-order valence-corrected chi connectivity index (χ2v) is 3.97. The second-order valence-electron chi connectivity index (χ2n) is 3.97. The molecule has 0 aliphatic rings. The monoisotopic (exact) mass is 264 g/mol. The van der Waals surface area contributed by atoms with Crippen LogP contribution in [0.4, 0.5) is 4.39 Å². The molecular formula is C13H13FN2O3. The van der Waals surface area contributed by atoms with Gasteiger partial charge in [-0.1, -0.05) is 0 Å². The summed E-state index contributed by atoms with van der Waals surface area (Å²) in [6.07, 6.45) is 3.47. The summed E-state index contributed by atoms with van der Waals surface area (Å²) in [5.74, 6) is -1.65. The molecule has 0 fully saturated rings. The van der Waals surface area contributed by atoms with Gasteiger partial charge in [0.25, 0.3) is 0 Å². The van der Waals surface area contributed by atoms with E-state index in [9.17, 15) is 9.18 Å². The predicted molar refractivity (Wildman–Crippen MR) is 65.6 cm³/mol. The first-order valence-corrected chi connectivity index (χ1v) is 5.76. The van der Waals surface area contributed by atoms with Crippen LogP contribution >= 0.6 is 0 Å². The zero-order chi connectivity index (χ0) is 13.8. The SMILES string of the molecule is CCn1cc(COc2cc(F)cc(C(=O)O)c2)cn1. The van der Waals surface area contributed by atoms with Crippen molar-refractivity contribution in [2.75, 3.05) is 0 Å². The first-order chi connectivity index (χ1) is 9.08. The number of nitrogens with zero attached hydrogens (tertiary/aromatic N) is 2. The molecule has 19 heavy (non-hydrogen) atoms. The molecule has 0 unspecified atom stereocenters. The summed E-state index contributed by atoms with van der Waals surface area (Å²) in [6, 6.07) is 3.39. The van der Waals surface area contributed by atoms with Gasteiger partial charge in [0.2, 0.25) is 0 Å². The first kappa shape index (κ1) is 13.1. The van der Waals surface area contributed by atoms with E-state index in [1.165, 1.54) is 6.07 Å². The Labute approximate surface area is 109 Å². The van der Waals surface area contributed by atoms with Crippen molar-refractivity contribution in [2.45, 2.75) is 20.1 Å². The number of rotatable bonds is 5. The number of carboxylic acids is 1. The number of aromatic carboxylic acids is 1. The predicted octanol–water partition coefficient (Wildman–Crippen LogP) is 2.32. The summed E-state index contributed by atoms with van der Waals surface area (Å²) < 4.78 is 20.3. The normalized spacial score (nSPS) is 10.4. The largest absolute Gasteiger partial charge is 0.489 e. The van der Waals surface area contributed by atoms with Crippen molar-refractivity contribution in [2.24, 2.45) is 0 Å². The van der Waals surface area contributed by atoms with E-state index in [1.54, 1.807) is 10.9 Å². The van der Waals surface area contributed by atoms with Gasteiger partial charge < -0.3 is 9.84 Å². The average molecular weight is 264 g/mol. The fraction of sp³-hybridized carbons (Fsp3) is 0.231. The number of carbonyl (C=O) groups is 1. The Morgan fingerprint density at radius 3 is 2.89 bits per heavy atom. The Balaban J connectivity index is 2.08. The van der Waals surface area contributed by atoms with Crippen LogP contribution in [0.25, 0.3) is 0 Å². The Morgan fingerprint density at radius 2 is 2.26 bits per heavy atom. The maximum Gasteiger partial charge on any atom is 0.335 e. The molecule has 1 N–H and O–H groups in total. The van der Waals surface area contributed by atoms with Gasteiger partial charge in [-0.25, -0.2) is 9.18 Å². The quantitative estimate of drug-likeness (QED) is 0.900. The van der Waals surface area contributed by atoms with E-state index in [2.05, 4.69) is 5.10 Å². The van der Waals surface area contributed by atoms with Crippen molar-refractivity contribution in [1.29, 1.82) is 0 Å². The summed E-state index contributed by atoms with van der Waals surface area (Å²) in [4.78, 5) is 10.8. The smallest absolute Gasteiger partial charge is 0.335 e. The van der Waals surface area contributed by atoms with Crippen LogP contribution in [0.3, 0.4) is 0 Å². The topological polar surface area (TPSA) is 64.3 Å². The highest BCUT2D eigenvalue weighted by Gasteiger charge is 2.08. The van der Waals surface area contributed by atoms with Crippen molar-refractivity contribution in [1.82, 2.24) is 9.78 Å². The summed E-state index contributed by atoms with van der Waals surface area (Å²) in [5.41, 5.74) is 0.697. The van der Waals surface area contributed by atoms with Crippen LogP contribution < -0.4 is 4.74 Å². The molecule has 5 nitrogen and oxygen atoms in total. The van der Waals surface area contributed by atoms with Crippen LogP contribution in [0.15, 0.2) is 30.6 Å². The number of benzene rings is 1. The summed E-state index contributed by atoms with van der Waals surface area (Å²) in [5, 5.41) is 12.9. The lowest BCUT2D eigenvalue weighted by Gasteiger charge is -2.05. The van der Waals surface area contributed by atoms with E-state index in [-0.39, 0.29) is 17.9 Å². The van der Waals surface area contributed by atoms with E-state index < -0.39 is 11.8 Å². The lowest BCUT2D eigenvalue weighted by molar-refractivity contribution is 0.0695. The molecule has 6 heteroatoms. The molecule has 0 bridgehead atoms. The number of aryl methyl sites for hydroxylation is 1. The molecule has 2 aromatic rings. The van der Waals surface area contributed by atoms with Crippen LogP contribution in [0, 0.1) is 5.82 Å². The van der Waals surface area contributed by atoms with E-state index in [0.29, 0.717) is 0 Å². The fourth-order valence-electron chi connectivity index (χ4n) is 1.59. The van der Waals surface area contributed by atoms with Gasteiger partial charge >= 0.3 is 5.97 Å². The highest BCUT2D eigenvalue weighted by molar-refractivity contribution is 5.88. The van der Waals surface area contributed by atoms with Gasteiger partial charge in [-0.3, -0.25) is 4.68 Å². The van der Waals surface area contributed by atoms with Crippen LogP contribution in [0.5, 0.6) is 5.75 Å². The summed E-state index contributed by atoms with van der Waals surface area (Å²) >= 11 is 0. The Morgan fingerprint density at radius 1 is 1.47 bits per heavy atom. The third-order valence-corrected chi connectivity index (χ3v) is 2.53. The van der Waals surface area contributed by atoms with Crippen molar-refractivity contribution in [3.63, 3.8) is 0 Å². The highest BCUT2D eigenvalue weighted by Crippen LogP contribution is 2.18. The zero-order valence-electron chi connectivity index (χ0n) is 10.3. The zero-order valence-corrected chi connectivity index (χ0v) is 10.3. The molecule has 0 amide bonds. The van der Waals surface area contributed by atoms with Crippen LogP contribution in [0.2, 0.25) is 0 Å². The lowest BCUT2D eigenvalue weighted by Crippen LogP contribution is -2.00. The number of carboxylic acid groups (broad SMARTS) is 1. The van der Waals surface area contributed by atoms with Crippen LogP contribution in [-0.4, -0.2) is 20.9 Å². The van der Waals surface area contributed by atoms with Gasteiger partial charge in [0, 0.05) is 24.4 Å². The van der Waals surface area contributed by atoms with E-state index in [1.807, 2.05) is 13.1 Å². The molecule has 0 spiro atoms. The first-order valence-electron chi connectivity index (χ1n) is 5.76. The molecule has 0 aliphatic carbocycles. The maximum atomic E-state index is 13.2. The van der Waals surface area contributed by atoms with Gasteiger partial charge in [0.1, 0.15) is 18.2 Å². The minimum absolute atomic E-state index is 0.140. The molecule has 0 aliphatic heterocycles. The maximum absolute atomic E-state index is 13.2. The van der Waals surface area contributed by atoms with E-state index >= 15 is 0 Å². The standard InChI is InChI=1S/C13H13FN2O3/c1-2-16-7-9(6-15-16)8-19-12-4-10(13(17)18)3-11(14)5-12/h3-7H,2,8H2,1H3,(H,17,18). The van der Waals surface area contributed by atoms with Crippen LogP contribution in [-0.2, 0) is 13.2 Å². The molecule has 1 heterocycles. The summed E-state index contributed by atoms with van der Waals surface area (Å²) in [7, 11) is 0. The minimum atomic E-state index is -1.19. The molecule has 0 radical (unpaired) electrons. The van der Waals surface area contributed by atoms with Crippen molar-refractivity contribution >= 4 is 5.97 Å². The van der Waals surface area contributed by atoms with Gasteiger partial charge in [-0.2, -0.15) is 5.10 Å². The lowest BCUT2D eigenvalue weighted by atomic mass is 10.2. The molecule has 0 saturated heterocycles. The average Bonchev–Trinajstić information content (AvgIpc) is 2.83. The van der Waals surface area contributed by atoms with Crippen molar-refractivity contribution in [3.05, 3.63) is 47.5 Å². The van der Waals surface area contributed by atoms with Gasteiger partial charge in [0.15, 0.2) is 0 Å². The fourth-order valence-corrected chi connectivity index (χ4v) is 1.59. The molecule has 100 valence electrons. The molecule has 2 rings (SSSR count). The van der Waals surface area contributed by atoms with Crippen LogP contribution in [0.1, 0.15) is 22.8 Å². The summed E-state index contributed by atoms with van der Waals surface area (Å²) in [6.45, 7) is 2.93. The number of hydrogen-bond acceptors (Lipinski definition) is 3. The Kier molecular flexibility index (Phi) is 3.79. The third-order valence-electron chi connectivity index (χ3n) is 2.53. The van der Waals surface area contributed by atoms with Gasteiger partial charge in [-0.05, 0) is 19.1 Å². The van der Waals surface area contributed by atoms with Gasteiger partial charge in [0.05, 0.1) is 11.8 Å². The molecule has 0 atom stereocenters. The van der Waals surface area contributed by atoms with E-state index in [0.717, 1.165) is 24.2 Å². The van der Waals surface area contributed by atoms with Gasteiger partial charge in [-0.15, -0.1) is 0 Å². The highest BCUT2D eigenvalue weighted by atomic mass is 19.1. The molecular weight excluding hydrogens is 251 g/mol. The minimum Gasteiger partial charge on any atom is -0.489 e. The van der Waals surface area contributed by atoms with E-state index in [4.69, 9.17) is 9.84 Å². The Bertz CT molecular complexity index is 595. The number of aromatic nitrogens is 2. The number of ether oxygens (including phenoxy) is 1. The Hall–Kier alpha value is -2.37. The van der Waals surface area contributed by atoms with Crippen molar-refractivity contribution < 1.29 is 19.0 Å². The second kappa shape index (κ2) is 5.51. The molecule has 1 aromatic carbocycles.